The van der Waals surface area contributed by atoms with E-state index in [1.807, 2.05) is 0 Å². The lowest BCUT2D eigenvalue weighted by atomic mass is 9.93. The summed E-state index contributed by atoms with van der Waals surface area (Å²) < 4.78 is 2.46. The fourth-order valence-electron chi connectivity index (χ4n) is 11.5. The molecule has 2 aromatic rings. The normalized spacial score (nSPS) is 14.9. The highest BCUT2D eigenvalue weighted by Crippen LogP contribution is 2.49. The van der Waals surface area contributed by atoms with Gasteiger partial charge in [-0.25, -0.2) is 0 Å². The number of fused-ring (bicyclic) bond motifs is 1. The summed E-state index contributed by atoms with van der Waals surface area (Å²) in [5, 5.41) is 0. The highest BCUT2D eigenvalue weighted by atomic mass is 32.1. The van der Waals surface area contributed by atoms with Crippen LogP contribution >= 0.6 is 22.7 Å². The Bertz CT molecular complexity index is 1640. The Labute approximate surface area is 442 Å². The highest BCUT2D eigenvalue weighted by molar-refractivity contribution is 7.21. The Morgan fingerprint density at radius 3 is 0.800 bits per heavy atom. The maximum absolute atomic E-state index is 15.5. The lowest BCUT2D eigenvalue weighted by Crippen LogP contribution is -2.34. The Hall–Kier alpha value is -2.05. The third kappa shape index (κ3) is 22.2. The molecular weight excluding hydrogens is 890 g/mol. The van der Waals surface area contributed by atoms with E-state index in [4.69, 9.17) is 0 Å². The first kappa shape index (κ1) is 60.5. The second-order valence-corrected chi connectivity index (χ2v) is 24.9. The molecule has 0 spiro atoms. The number of carbonyl (C=O) groups excluding carboxylic acids is 2. The quantitative estimate of drug-likeness (QED) is 0.0490. The molecule has 0 bridgehead atoms. The predicted molar refractivity (Wildman–Crippen MR) is 317 cm³/mol. The molecule has 2 aliphatic heterocycles. The van der Waals surface area contributed by atoms with Crippen LogP contribution in [0.15, 0.2) is 35.4 Å². The molecule has 0 radical (unpaired) electrons. The van der Waals surface area contributed by atoms with E-state index in [1.54, 1.807) is 22.7 Å². The van der Waals surface area contributed by atoms with Crippen LogP contribution < -0.4 is 9.55 Å². The fourth-order valence-corrected chi connectivity index (χ4v) is 13.4. The van der Waals surface area contributed by atoms with Crippen molar-refractivity contribution >= 4 is 71.1 Å². The van der Waals surface area contributed by atoms with Crippen LogP contribution in [0.4, 0.5) is 0 Å². The second kappa shape index (κ2) is 37.6. The number of hydrogen-bond donors (Lipinski definition) is 0. The molecule has 70 heavy (non-hydrogen) atoms. The van der Waals surface area contributed by atoms with Crippen molar-refractivity contribution in [3.05, 3.63) is 45.2 Å². The molecule has 394 valence electrons. The average molecular weight is 997 g/mol. The first-order chi connectivity index (χ1) is 34.3. The molecule has 0 saturated carbocycles. The van der Waals surface area contributed by atoms with Crippen LogP contribution in [0.3, 0.4) is 0 Å². The Balaban J connectivity index is 1.56. The minimum Gasteiger partial charge on any atom is -0.306 e. The lowest BCUT2D eigenvalue weighted by Gasteiger charge is -2.29. The van der Waals surface area contributed by atoms with Gasteiger partial charge in [-0.2, -0.15) is 0 Å². The highest BCUT2D eigenvalue weighted by Gasteiger charge is 2.50. The first-order valence-corrected chi connectivity index (χ1v) is 32.2. The Kier molecular flexibility index (Phi) is 32.5. The number of unbranched alkanes of at least 4 members (excludes halogenated alkanes) is 32. The van der Waals surface area contributed by atoms with Gasteiger partial charge in [-0.3, -0.25) is 9.59 Å². The average Bonchev–Trinajstić information content (AvgIpc) is 4.12. The fraction of sp³-hybridized carbons (Fsp3) is 0.774. The third-order valence-corrected chi connectivity index (χ3v) is 17.9. The number of amides is 2. The van der Waals surface area contributed by atoms with Crippen LogP contribution in [-0.2, 0) is 9.59 Å². The molecule has 2 atom stereocenters. The van der Waals surface area contributed by atoms with Crippen molar-refractivity contribution in [1.82, 2.24) is 9.80 Å². The van der Waals surface area contributed by atoms with Crippen molar-refractivity contribution in [2.24, 2.45) is 11.8 Å². The van der Waals surface area contributed by atoms with Crippen LogP contribution in [0.5, 0.6) is 0 Å². The molecule has 4 heterocycles. The van der Waals surface area contributed by atoms with Gasteiger partial charge in [-0.05, 0) is 59.2 Å². The molecule has 0 saturated heterocycles. The molecular formula is C62H106B2N2O2S2. The minimum absolute atomic E-state index is 0.0753. The zero-order valence-corrected chi connectivity index (χ0v) is 48.3. The number of nitrogens with zero attached hydrogens (tertiary/aromatic N) is 2. The predicted octanol–water partition coefficient (Wildman–Crippen LogP) is 17.0. The van der Waals surface area contributed by atoms with Gasteiger partial charge in [0.15, 0.2) is 15.7 Å². The summed E-state index contributed by atoms with van der Waals surface area (Å²) in [5.41, 5.74) is 3.22. The van der Waals surface area contributed by atoms with E-state index in [0.29, 0.717) is 23.0 Å². The lowest BCUT2D eigenvalue weighted by molar-refractivity contribution is -0.124. The summed E-state index contributed by atoms with van der Waals surface area (Å²) in [4.78, 5) is 37.4. The summed E-state index contributed by atoms with van der Waals surface area (Å²) in [6, 6.07) is 8.77. The van der Waals surface area contributed by atoms with Crippen molar-refractivity contribution in [2.75, 3.05) is 13.1 Å². The summed E-state index contributed by atoms with van der Waals surface area (Å²) in [6.45, 7) is 10.6. The maximum atomic E-state index is 15.5. The van der Waals surface area contributed by atoms with Crippen LogP contribution in [0.1, 0.15) is 294 Å². The largest absolute Gasteiger partial charge is 0.306 e. The van der Waals surface area contributed by atoms with Crippen molar-refractivity contribution in [3.63, 3.8) is 0 Å². The smallest absolute Gasteiger partial charge is 0.261 e. The SMILES string of the molecule is Bc1ccc(C2=C3C(=O)N(CC(CCCCCCCCCC)CCCCCCCCCCCC)C(c4ccc(B)s4)=C3C(=O)N2CC(CCCCCCCCCC)CCCCCCCCCCCC)s1. The van der Waals surface area contributed by atoms with Crippen LogP contribution in [0.25, 0.3) is 11.4 Å². The monoisotopic (exact) mass is 997 g/mol. The van der Waals surface area contributed by atoms with Gasteiger partial charge in [-0.15, -0.1) is 22.7 Å². The molecule has 0 N–H and O–H groups in total. The van der Waals surface area contributed by atoms with E-state index in [2.05, 4.69) is 77.5 Å². The van der Waals surface area contributed by atoms with Gasteiger partial charge < -0.3 is 9.80 Å². The molecule has 0 aliphatic carbocycles. The number of hydrogen-bond acceptors (Lipinski definition) is 4. The van der Waals surface area contributed by atoms with Crippen molar-refractivity contribution < 1.29 is 9.59 Å². The first-order valence-electron chi connectivity index (χ1n) is 30.6. The molecule has 0 fully saturated rings. The van der Waals surface area contributed by atoms with Crippen molar-refractivity contribution in [3.8, 4) is 0 Å². The summed E-state index contributed by atoms with van der Waals surface area (Å²) in [6.07, 6.45) is 52.7. The standard InChI is InChI=1S/C62H106B2N2O2S2/c1-5-9-13-17-21-25-27-31-35-39-43-51(41-37-33-29-23-19-15-11-7-3)49-65-59(53-45-47-55(63)69-53)57-58(61(65)67)60(54-46-48-56(64)70-54)66(62(57)68)50-52(42-38-34-30-24-20-16-12-8-4)44-40-36-32-28-26-22-18-14-10-6-2/h45-48,51-52H,5-44,49-50,63-64H2,1-4H3. The van der Waals surface area contributed by atoms with Gasteiger partial charge >= 0.3 is 0 Å². The van der Waals surface area contributed by atoms with Gasteiger partial charge in [0.25, 0.3) is 11.8 Å². The molecule has 4 rings (SSSR count). The van der Waals surface area contributed by atoms with Crippen molar-refractivity contribution in [1.29, 1.82) is 0 Å². The molecule has 8 heteroatoms. The van der Waals surface area contributed by atoms with Gasteiger partial charge in [0, 0.05) is 13.1 Å². The zero-order chi connectivity index (χ0) is 50.0. The van der Waals surface area contributed by atoms with Gasteiger partial charge in [0.2, 0.25) is 0 Å². The van der Waals surface area contributed by atoms with E-state index < -0.39 is 0 Å². The second-order valence-electron chi connectivity index (χ2n) is 22.3. The number of carbonyl (C=O) groups is 2. The topological polar surface area (TPSA) is 40.6 Å². The Morgan fingerprint density at radius 1 is 0.357 bits per heavy atom. The molecule has 2 unspecified atom stereocenters. The summed E-state index contributed by atoms with van der Waals surface area (Å²) in [7, 11) is 4.33. The number of rotatable bonds is 46. The van der Waals surface area contributed by atoms with E-state index in [-0.39, 0.29) is 11.8 Å². The summed E-state index contributed by atoms with van der Waals surface area (Å²) >= 11 is 3.51. The van der Waals surface area contributed by atoms with Gasteiger partial charge in [0.1, 0.15) is 0 Å². The maximum Gasteiger partial charge on any atom is 0.261 e. The van der Waals surface area contributed by atoms with Gasteiger partial charge in [0.05, 0.1) is 32.3 Å². The molecule has 0 aromatic carbocycles. The van der Waals surface area contributed by atoms with E-state index in [9.17, 15) is 0 Å². The van der Waals surface area contributed by atoms with Crippen molar-refractivity contribution in [2.45, 2.75) is 285 Å². The van der Waals surface area contributed by atoms with E-state index in [1.165, 1.54) is 254 Å². The van der Waals surface area contributed by atoms with E-state index in [0.717, 1.165) is 47.1 Å². The molecule has 2 amide bonds. The van der Waals surface area contributed by atoms with E-state index >= 15 is 9.59 Å². The molecule has 4 nitrogen and oxygen atoms in total. The molecule has 2 aliphatic rings. The number of thiophene rings is 2. The summed E-state index contributed by atoms with van der Waals surface area (Å²) in [5.74, 6) is 1.02. The van der Waals surface area contributed by atoms with Crippen LogP contribution in [-0.4, -0.2) is 50.4 Å². The molecule has 2 aromatic heterocycles. The van der Waals surface area contributed by atoms with Gasteiger partial charge in [-0.1, -0.05) is 271 Å². The van der Waals surface area contributed by atoms with Crippen LogP contribution in [0, 0.1) is 11.8 Å². The third-order valence-electron chi connectivity index (χ3n) is 15.9. The Morgan fingerprint density at radius 2 is 0.586 bits per heavy atom. The minimum atomic E-state index is 0.0753. The van der Waals surface area contributed by atoms with Crippen LogP contribution in [0.2, 0.25) is 0 Å². The zero-order valence-electron chi connectivity index (χ0n) is 46.7.